The van der Waals surface area contributed by atoms with E-state index in [1.807, 2.05) is 58.0 Å². The summed E-state index contributed by atoms with van der Waals surface area (Å²) in [5, 5.41) is 3.37. The summed E-state index contributed by atoms with van der Waals surface area (Å²) in [6, 6.07) is 12.1. The average Bonchev–Trinajstić information content (AvgIpc) is 2.76. The third-order valence-corrected chi connectivity index (χ3v) is 7.23. The van der Waals surface area contributed by atoms with Crippen molar-refractivity contribution < 1.29 is 18.0 Å². The van der Waals surface area contributed by atoms with Gasteiger partial charge >= 0.3 is 0 Å². The van der Waals surface area contributed by atoms with Crippen molar-refractivity contribution in [3.05, 3.63) is 64.2 Å². The van der Waals surface area contributed by atoms with E-state index in [9.17, 15) is 18.0 Å². The summed E-state index contributed by atoms with van der Waals surface area (Å²) in [5.74, 6) is -0.501. The van der Waals surface area contributed by atoms with E-state index in [1.54, 1.807) is 19.1 Å². The Morgan fingerprint density at radius 2 is 1.71 bits per heavy atom. The topological polar surface area (TPSA) is 86.8 Å². The maximum Gasteiger partial charge on any atom is 0.242 e. The van der Waals surface area contributed by atoms with Crippen molar-refractivity contribution in [3.63, 3.8) is 0 Å². The van der Waals surface area contributed by atoms with Gasteiger partial charge in [0, 0.05) is 30.6 Å². The second-order valence-corrected chi connectivity index (χ2v) is 11.5. The Balaban J connectivity index is 2.22. The van der Waals surface area contributed by atoms with Gasteiger partial charge in [-0.05, 0) is 69.9 Å². The first kappa shape index (κ1) is 28.7. The Bertz CT molecular complexity index is 1150. The van der Waals surface area contributed by atoms with Crippen LogP contribution < -0.4 is 9.62 Å². The van der Waals surface area contributed by atoms with E-state index in [1.165, 1.54) is 15.5 Å². The molecule has 0 radical (unpaired) electrons. The fourth-order valence-corrected chi connectivity index (χ4v) is 4.98. The van der Waals surface area contributed by atoms with Crippen molar-refractivity contribution in [1.82, 2.24) is 10.2 Å². The highest BCUT2D eigenvalue weighted by molar-refractivity contribution is 7.92. The Morgan fingerprint density at radius 1 is 1.06 bits per heavy atom. The smallest absolute Gasteiger partial charge is 0.242 e. The lowest BCUT2D eigenvalue weighted by Crippen LogP contribution is -2.49. The maximum absolute atomic E-state index is 13.3. The molecule has 0 heterocycles. The number of nitrogens with zero attached hydrogens (tertiary/aromatic N) is 2. The van der Waals surface area contributed by atoms with Crippen LogP contribution in [0.4, 0.5) is 5.69 Å². The molecule has 9 heteroatoms. The molecule has 0 saturated carbocycles. The van der Waals surface area contributed by atoms with Gasteiger partial charge in [0.15, 0.2) is 0 Å². The van der Waals surface area contributed by atoms with E-state index >= 15 is 0 Å². The van der Waals surface area contributed by atoms with E-state index in [4.69, 9.17) is 11.6 Å². The van der Waals surface area contributed by atoms with Crippen LogP contribution in [0.1, 0.15) is 50.3 Å². The molecule has 7 nitrogen and oxygen atoms in total. The molecule has 35 heavy (non-hydrogen) atoms. The lowest BCUT2D eigenvalue weighted by Gasteiger charge is -2.30. The largest absolute Gasteiger partial charge is 0.352 e. The third-order valence-electron chi connectivity index (χ3n) is 5.68. The number of rotatable bonds is 11. The van der Waals surface area contributed by atoms with Crippen molar-refractivity contribution >= 4 is 39.1 Å². The van der Waals surface area contributed by atoms with Crippen LogP contribution >= 0.6 is 11.6 Å². The van der Waals surface area contributed by atoms with Crippen LogP contribution in [-0.4, -0.2) is 50.0 Å². The Hall–Kier alpha value is -2.58. The molecule has 0 unspecified atom stereocenters. The standard InChI is InChI=1S/C26H36ClN3O4S/c1-18(2)28-26(32)21(5)29(17-22-10-7-8-11-23(22)27)25(31)12-9-15-30(35(6,33)34)24-16-19(3)13-14-20(24)4/h7-8,10-11,13-14,16,18,21H,9,12,15,17H2,1-6H3,(H,28,32)/t21-/m1/s1. The van der Waals surface area contributed by atoms with Crippen LogP contribution in [0.3, 0.4) is 0 Å². The van der Waals surface area contributed by atoms with Crippen LogP contribution in [0.5, 0.6) is 0 Å². The number of halogens is 1. The first-order valence-corrected chi connectivity index (χ1v) is 13.9. The highest BCUT2D eigenvalue weighted by Gasteiger charge is 2.27. The number of sulfonamides is 1. The van der Waals surface area contributed by atoms with Gasteiger partial charge in [0.05, 0.1) is 11.9 Å². The number of amides is 2. The lowest BCUT2D eigenvalue weighted by molar-refractivity contribution is -0.140. The van der Waals surface area contributed by atoms with Crippen molar-refractivity contribution in [2.24, 2.45) is 0 Å². The molecule has 0 aliphatic rings. The fourth-order valence-electron chi connectivity index (χ4n) is 3.77. The second kappa shape index (κ2) is 12.4. The average molecular weight is 522 g/mol. The Morgan fingerprint density at radius 3 is 2.31 bits per heavy atom. The summed E-state index contributed by atoms with van der Waals surface area (Å²) in [4.78, 5) is 27.5. The maximum atomic E-state index is 13.3. The van der Waals surface area contributed by atoms with Gasteiger partial charge in [0.25, 0.3) is 0 Å². The summed E-state index contributed by atoms with van der Waals surface area (Å²) in [5.41, 5.74) is 3.13. The lowest BCUT2D eigenvalue weighted by atomic mass is 10.1. The minimum Gasteiger partial charge on any atom is -0.352 e. The molecule has 2 aromatic rings. The number of aryl methyl sites for hydroxylation is 2. The van der Waals surface area contributed by atoms with Gasteiger partial charge in [-0.25, -0.2) is 8.42 Å². The molecule has 0 bridgehead atoms. The van der Waals surface area contributed by atoms with E-state index in [2.05, 4.69) is 5.32 Å². The zero-order valence-corrected chi connectivity index (χ0v) is 22.9. The molecular weight excluding hydrogens is 486 g/mol. The molecule has 2 rings (SSSR count). The van der Waals surface area contributed by atoms with Crippen LogP contribution in [-0.2, 0) is 26.2 Å². The Kier molecular flexibility index (Phi) is 10.2. The predicted molar refractivity (Wildman–Crippen MR) is 142 cm³/mol. The van der Waals surface area contributed by atoms with Gasteiger partial charge in [0.2, 0.25) is 21.8 Å². The number of anilines is 1. The molecule has 0 saturated heterocycles. The number of carbonyl (C=O) groups is 2. The number of nitrogens with one attached hydrogen (secondary N) is 1. The number of hydrogen-bond donors (Lipinski definition) is 1. The summed E-state index contributed by atoms with van der Waals surface area (Å²) < 4.78 is 26.4. The minimum atomic E-state index is -3.55. The molecule has 2 aromatic carbocycles. The van der Waals surface area contributed by atoms with Gasteiger partial charge in [-0.2, -0.15) is 0 Å². The van der Waals surface area contributed by atoms with Crippen LogP contribution in [0.15, 0.2) is 42.5 Å². The highest BCUT2D eigenvalue weighted by atomic mass is 35.5. The molecular formula is C26H36ClN3O4S. The normalized spacial score (nSPS) is 12.3. The van der Waals surface area contributed by atoms with Crippen molar-refractivity contribution in [2.75, 3.05) is 17.1 Å². The molecule has 0 aliphatic carbocycles. The summed E-state index contributed by atoms with van der Waals surface area (Å²) in [7, 11) is -3.55. The van der Waals surface area contributed by atoms with E-state index < -0.39 is 16.1 Å². The third kappa shape index (κ3) is 8.25. The molecule has 0 aromatic heterocycles. The van der Waals surface area contributed by atoms with Crippen LogP contribution in [0, 0.1) is 13.8 Å². The van der Waals surface area contributed by atoms with Crippen molar-refractivity contribution in [2.45, 2.75) is 66.1 Å². The summed E-state index contributed by atoms with van der Waals surface area (Å²) in [6.45, 7) is 9.50. The van der Waals surface area contributed by atoms with Gasteiger partial charge in [-0.3, -0.25) is 13.9 Å². The number of benzene rings is 2. The first-order chi connectivity index (χ1) is 16.3. The van der Waals surface area contributed by atoms with Gasteiger partial charge in [-0.15, -0.1) is 0 Å². The van der Waals surface area contributed by atoms with Gasteiger partial charge < -0.3 is 10.2 Å². The van der Waals surface area contributed by atoms with Crippen LogP contribution in [0.25, 0.3) is 0 Å². The molecule has 0 aliphatic heterocycles. The zero-order valence-electron chi connectivity index (χ0n) is 21.3. The van der Waals surface area contributed by atoms with Crippen molar-refractivity contribution in [3.8, 4) is 0 Å². The SMILES string of the molecule is Cc1ccc(C)c(N(CCCC(=O)N(Cc2ccccc2Cl)[C@H](C)C(=O)NC(C)C)S(C)(=O)=O)c1. The van der Waals surface area contributed by atoms with E-state index in [0.717, 1.165) is 16.7 Å². The molecule has 192 valence electrons. The quantitative estimate of drug-likeness (QED) is 0.473. The molecule has 1 N–H and O–H groups in total. The number of hydrogen-bond acceptors (Lipinski definition) is 4. The summed E-state index contributed by atoms with van der Waals surface area (Å²) in [6.07, 6.45) is 1.55. The van der Waals surface area contributed by atoms with Crippen molar-refractivity contribution in [1.29, 1.82) is 0 Å². The van der Waals surface area contributed by atoms with E-state index in [0.29, 0.717) is 17.1 Å². The van der Waals surface area contributed by atoms with Gasteiger partial charge in [0.1, 0.15) is 6.04 Å². The number of carbonyl (C=O) groups excluding carboxylic acids is 2. The molecule has 1 atom stereocenters. The molecule has 0 spiro atoms. The molecule has 2 amide bonds. The van der Waals surface area contributed by atoms with Crippen LogP contribution in [0.2, 0.25) is 5.02 Å². The fraction of sp³-hybridized carbons (Fsp3) is 0.462. The zero-order chi connectivity index (χ0) is 26.3. The van der Waals surface area contributed by atoms with E-state index in [-0.39, 0.29) is 37.4 Å². The second-order valence-electron chi connectivity index (χ2n) is 9.18. The first-order valence-electron chi connectivity index (χ1n) is 11.7. The minimum absolute atomic E-state index is 0.0666. The van der Waals surface area contributed by atoms with Gasteiger partial charge in [-0.1, -0.05) is 41.9 Å². The summed E-state index contributed by atoms with van der Waals surface area (Å²) >= 11 is 6.32. The Labute approximate surface area is 214 Å². The molecule has 0 fully saturated rings. The monoisotopic (exact) mass is 521 g/mol. The predicted octanol–water partition coefficient (Wildman–Crippen LogP) is 4.44. The highest BCUT2D eigenvalue weighted by Crippen LogP contribution is 2.25.